The number of amides is 1. The van der Waals surface area contributed by atoms with E-state index in [4.69, 9.17) is 24.3 Å². The zero-order chi connectivity index (χ0) is 24.5. The van der Waals surface area contributed by atoms with E-state index in [2.05, 4.69) is 25.2 Å². The Kier molecular flexibility index (Phi) is 5.85. The van der Waals surface area contributed by atoms with Gasteiger partial charge in [-0.15, -0.1) is 0 Å². The number of ether oxygens (including phenoxy) is 1. The molecule has 0 radical (unpaired) electrons. The Morgan fingerprint density at radius 3 is 2.61 bits per heavy atom. The molecule has 2 aliphatic heterocycles. The number of hydrogen-bond donors (Lipinski definition) is 2. The first-order chi connectivity index (χ1) is 17.6. The molecule has 0 saturated carbocycles. The molecule has 1 amide bonds. The lowest BCUT2D eigenvalue weighted by molar-refractivity contribution is 0.102. The van der Waals surface area contributed by atoms with Crippen LogP contribution in [0.3, 0.4) is 0 Å². The van der Waals surface area contributed by atoms with Gasteiger partial charge in [0.2, 0.25) is 11.5 Å². The molecule has 12 heteroatoms. The van der Waals surface area contributed by atoms with Gasteiger partial charge in [-0.25, -0.2) is 15.0 Å². The third kappa shape index (κ3) is 4.42. The number of carbonyl (C=O) groups is 1. The number of oxazole rings is 2. The number of carbonyl (C=O) groups excluding carboxylic acids is 1. The van der Waals surface area contributed by atoms with E-state index in [9.17, 15) is 4.79 Å². The van der Waals surface area contributed by atoms with Crippen LogP contribution in [0.1, 0.15) is 29.8 Å². The molecule has 0 aliphatic carbocycles. The zero-order valence-electron chi connectivity index (χ0n) is 19.6. The van der Waals surface area contributed by atoms with Crippen molar-refractivity contribution in [3.05, 3.63) is 36.2 Å². The summed E-state index contributed by atoms with van der Waals surface area (Å²) in [5.41, 5.74) is 7.85. The van der Waals surface area contributed by atoms with Crippen molar-refractivity contribution in [2.45, 2.75) is 19.3 Å². The molecule has 0 spiro atoms. The highest BCUT2D eigenvalue weighted by atomic mass is 16.5. The van der Waals surface area contributed by atoms with Crippen molar-refractivity contribution in [1.82, 2.24) is 19.9 Å². The number of rotatable bonds is 5. The molecular formula is C24H26N8O4. The molecule has 186 valence electrons. The van der Waals surface area contributed by atoms with Crippen molar-refractivity contribution < 1.29 is 18.4 Å². The fraction of sp³-hybridized carbons (Fsp3) is 0.375. The Balaban J connectivity index is 1.31. The Hall–Kier alpha value is -4.19. The van der Waals surface area contributed by atoms with Crippen LogP contribution in [0.5, 0.6) is 0 Å². The number of aromatic nitrogens is 4. The molecule has 0 unspecified atom stereocenters. The van der Waals surface area contributed by atoms with Crippen LogP contribution in [-0.2, 0) is 4.74 Å². The standard InChI is InChI=1S/C24H26N8O4/c25-19-6-4-5-15(26-19)23-28-17(14-35-23)22(33)27-16-13-18-20(29-21(16)31-7-2-1-3-8-31)30-24(36-18)32-9-11-34-12-10-32/h4-6,13-14H,1-3,7-12H2,(H2,25,26)(H,27,33). The van der Waals surface area contributed by atoms with Gasteiger partial charge in [-0.3, -0.25) is 4.79 Å². The maximum absolute atomic E-state index is 13.2. The van der Waals surface area contributed by atoms with E-state index in [0.29, 0.717) is 66.6 Å². The van der Waals surface area contributed by atoms with Crippen LogP contribution < -0.4 is 20.9 Å². The molecule has 2 fully saturated rings. The summed E-state index contributed by atoms with van der Waals surface area (Å²) in [5.74, 6) is 0.785. The summed E-state index contributed by atoms with van der Waals surface area (Å²) in [7, 11) is 0. The number of fused-ring (bicyclic) bond motifs is 1. The minimum Gasteiger partial charge on any atom is -0.442 e. The summed E-state index contributed by atoms with van der Waals surface area (Å²) in [4.78, 5) is 35.3. The summed E-state index contributed by atoms with van der Waals surface area (Å²) in [5, 5.41) is 2.95. The van der Waals surface area contributed by atoms with Gasteiger partial charge in [-0.05, 0) is 31.4 Å². The molecule has 36 heavy (non-hydrogen) atoms. The van der Waals surface area contributed by atoms with Gasteiger partial charge in [0.25, 0.3) is 11.9 Å². The third-order valence-electron chi connectivity index (χ3n) is 6.26. The van der Waals surface area contributed by atoms with Crippen molar-refractivity contribution in [1.29, 1.82) is 0 Å². The largest absolute Gasteiger partial charge is 0.442 e. The maximum atomic E-state index is 13.2. The molecule has 0 atom stereocenters. The van der Waals surface area contributed by atoms with Crippen LogP contribution >= 0.6 is 0 Å². The fourth-order valence-corrected chi connectivity index (χ4v) is 4.42. The topological polar surface area (TPSA) is 149 Å². The average molecular weight is 491 g/mol. The molecule has 12 nitrogen and oxygen atoms in total. The molecule has 4 aromatic rings. The first-order valence-corrected chi connectivity index (χ1v) is 12.0. The lowest BCUT2D eigenvalue weighted by Gasteiger charge is -2.29. The Morgan fingerprint density at radius 1 is 0.972 bits per heavy atom. The second kappa shape index (κ2) is 9.46. The monoisotopic (exact) mass is 490 g/mol. The van der Waals surface area contributed by atoms with Gasteiger partial charge in [-0.1, -0.05) is 6.07 Å². The minimum absolute atomic E-state index is 0.116. The molecule has 0 bridgehead atoms. The second-order valence-electron chi connectivity index (χ2n) is 8.76. The molecule has 2 saturated heterocycles. The van der Waals surface area contributed by atoms with E-state index in [0.717, 1.165) is 25.9 Å². The number of nitrogens with zero attached hydrogens (tertiary/aromatic N) is 6. The normalized spacial score (nSPS) is 16.4. The number of pyridine rings is 2. The molecule has 0 aromatic carbocycles. The van der Waals surface area contributed by atoms with Crippen molar-refractivity contribution in [2.24, 2.45) is 0 Å². The van der Waals surface area contributed by atoms with E-state index in [1.54, 1.807) is 24.3 Å². The number of piperidine rings is 1. The first-order valence-electron chi connectivity index (χ1n) is 12.0. The van der Waals surface area contributed by atoms with E-state index in [1.807, 2.05) is 4.90 Å². The molecule has 6 heterocycles. The highest BCUT2D eigenvalue weighted by Gasteiger charge is 2.24. The highest BCUT2D eigenvalue weighted by molar-refractivity contribution is 6.05. The van der Waals surface area contributed by atoms with E-state index in [-0.39, 0.29) is 11.6 Å². The molecule has 3 N–H and O–H groups in total. The molecule has 2 aliphatic rings. The average Bonchev–Trinajstić information content (AvgIpc) is 3.57. The van der Waals surface area contributed by atoms with Crippen molar-refractivity contribution >= 4 is 40.5 Å². The SMILES string of the molecule is Nc1cccc(-c2nc(C(=O)Nc3cc4oc(N5CCOCC5)nc4nc3N3CCCCC3)co2)n1. The van der Waals surface area contributed by atoms with Crippen LogP contribution in [0, 0.1) is 0 Å². The van der Waals surface area contributed by atoms with E-state index < -0.39 is 5.91 Å². The van der Waals surface area contributed by atoms with Crippen molar-refractivity contribution in [3.63, 3.8) is 0 Å². The van der Waals surface area contributed by atoms with Crippen LogP contribution in [0.25, 0.3) is 22.8 Å². The summed E-state index contributed by atoms with van der Waals surface area (Å²) in [6, 6.07) is 7.41. The number of nitrogens with two attached hydrogens (primary N) is 1. The number of morpholine rings is 1. The van der Waals surface area contributed by atoms with Crippen LogP contribution in [0.2, 0.25) is 0 Å². The van der Waals surface area contributed by atoms with Gasteiger partial charge in [0, 0.05) is 32.2 Å². The maximum Gasteiger partial charge on any atom is 0.300 e. The smallest absolute Gasteiger partial charge is 0.300 e. The lowest BCUT2D eigenvalue weighted by atomic mass is 10.1. The lowest BCUT2D eigenvalue weighted by Crippen LogP contribution is -2.36. The van der Waals surface area contributed by atoms with Gasteiger partial charge < -0.3 is 34.4 Å². The van der Waals surface area contributed by atoms with Crippen LogP contribution in [-0.4, -0.2) is 65.2 Å². The van der Waals surface area contributed by atoms with E-state index >= 15 is 0 Å². The van der Waals surface area contributed by atoms with Gasteiger partial charge in [0.1, 0.15) is 17.8 Å². The third-order valence-corrected chi connectivity index (χ3v) is 6.26. The fourth-order valence-electron chi connectivity index (χ4n) is 4.42. The summed E-state index contributed by atoms with van der Waals surface area (Å²) >= 11 is 0. The highest BCUT2D eigenvalue weighted by Crippen LogP contribution is 2.32. The first kappa shape index (κ1) is 22.3. The summed E-state index contributed by atoms with van der Waals surface area (Å²) in [6.45, 7) is 4.35. The van der Waals surface area contributed by atoms with Gasteiger partial charge in [0.05, 0.1) is 18.9 Å². The molecule has 4 aromatic heterocycles. The summed E-state index contributed by atoms with van der Waals surface area (Å²) in [6.07, 6.45) is 4.59. The quantitative estimate of drug-likeness (QED) is 0.425. The van der Waals surface area contributed by atoms with Crippen molar-refractivity contribution in [3.8, 4) is 11.6 Å². The Morgan fingerprint density at radius 2 is 1.81 bits per heavy atom. The predicted octanol–water partition coefficient (Wildman–Crippen LogP) is 2.93. The number of nitrogen functional groups attached to an aromatic ring is 1. The molecule has 6 rings (SSSR count). The number of hydrogen-bond acceptors (Lipinski definition) is 11. The minimum atomic E-state index is -0.429. The zero-order valence-corrected chi connectivity index (χ0v) is 19.6. The number of anilines is 4. The predicted molar refractivity (Wildman–Crippen MR) is 133 cm³/mol. The van der Waals surface area contributed by atoms with E-state index in [1.165, 1.54) is 12.7 Å². The summed E-state index contributed by atoms with van der Waals surface area (Å²) < 4.78 is 16.9. The van der Waals surface area contributed by atoms with Crippen LogP contribution in [0.15, 0.2) is 39.4 Å². The van der Waals surface area contributed by atoms with Crippen LogP contribution in [0.4, 0.5) is 23.3 Å². The second-order valence-corrected chi connectivity index (χ2v) is 8.76. The molecular weight excluding hydrogens is 464 g/mol. The Bertz CT molecular complexity index is 1390. The van der Waals surface area contributed by atoms with Gasteiger partial charge in [0.15, 0.2) is 17.1 Å². The van der Waals surface area contributed by atoms with Gasteiger partial charge >= 0.3 is 0 Å². The van der Waals surface area contributed by atoms with Crippen molar-refractivity contribution in [2.75, 3.05) is 60.2 Å². The van der Waals surface area contributed by atoms with Gasteiger partial charge in [-0.2, -0.15) is 4.98 Å². The number of nitrogens with one attached hydrogen (secondary N) is 1. The Labute approximate surface area is 206 Å².